The van der Waals surface area contributed by atoms with E-state index in [2.05, 4.69) is 10.6 Å². The molecule has 57 heavy (non-hydrogen) atoms. The third-order valence-electron chi connectivity index (χ3n) is 9.96. The number of carbonyl (C=O) groups is 3. The van der Waals surface area contributed by atoms with Crippen LogP contribution in [-0.2, 0) is 47.5 Å². The summed E-state index contributed by atoms with van der Waals surface area (Å²) in [5.41, 5.74) is 0. The van der Waals surface area contributed by atoms with Crippen molar-refractivity contribution in [3.05, 3.63) is 0 Å². The Morgan fingerprint density at radius 3 is 1.81 bits per heavy atom. The molecule has 0 aromatic heterocycles. The first-order valence-electron chi connectivity index (χ1n) is 17.7. The summed E-state index contributed by atoms with van der Waals surface area (Å²) in [6.07, 6.45) is -34.9. The van der Waals surface area contributed by atoms with Crippen LogP contribution in [0.25, 0.3) is 0 Å². The van der Waals surface area contributed by atoms with E-state index in [-0.39, 0.29) is 0 Å². The Balaban J connectivity index is 1.48. The first-order chi connectivity index (χ1) is 26.7. The second-order valence-corrected chi connectivity index (χ2v) is 14.1. The summed E-state index contributed by atoms with van der Waals surface area (Å²) in [4.78, 5) is 36.1. The van der Waals surface area contributed by atoms with Crippen LogP contribution in [0.3, 0.4) is 0 Å². The Labute approximate surface area is 322 Å². The molecule has 4 aliphatic heterocycles. The van der Waals surface area contributed by atoms with Gasteiger partial charge in [0.15, 0.2) is 18.9 Å². The lowest BCUT2D eigenvalue weighted by molar-refractivity contribution is -0.357. The van der Waals surface area contributed by atoms with Crippen molar-refractivity contribution in [1.29, 1.82) is 0 Å². The monoisotopic (exact) mass is 836 g/mol. The first kappa shape index (κ1) is 47.3. The molecule has 4 aliphatic rings. The fraction of sp³-hybridized carbons (Fsp3) is 0.903. The van der Waals surface area contributed by atoms with Crippen LogP contribution < -0.4 is 10.6 Å². The molecule has 4 saturated heterocycles. The van der Waals surface area contributed by atoms with Gasteiger partial charge >= 0.3 is 5.97 Å². The number of hydrogen-bond acceptors (Lipinski definition) is 23. The zero-order valence-corrected chi connectivity index (χ0v) is 30.4. The molecule has 330 valence electrons. The van der Waals surface area contributed by atoms with Gasteiger partial charge in [-0.25, -0.2) is 4.79 Å². The Kier molecular flexibility index (Phi) is 16.4. The van der Waals surface area contributed by atoms with Gasteiger partial charge in [0.25, 0.3) is 5.79 Å². The molecule has 4 rings (SSSR count). The number of carboxylic acid groups (broad SMARTS) is 1. The molecule has 26 heteroatoms. The summed E-state index contributed by atoms with van der Waals surface area (Å²) in [7, 11) is 0. The predicted octanol–water partition coefficient (Wildman–Crippen LogP) is -10.3. The minimum absolute atomic E-state index is 0.710. The summed E-state index contributed by atoms with van der Waals surface area (Å²) < 4.78 is 38.3. The number of carbonyl (C=O) groups excluding carboxylic acids is 2. The number of aliphatic carboxylic acids is 1. The minimum Gasteiger partial charge on any atom is -0.477 e. The van der Waals surface area contributed by atoms with E-state index in [1.54, 1.807) is 0 Å². The van der Waals surface area contributed by atoms with Crippen molar-refractivity contribution in [1.82, 2.24) is 10.6 Å². The van der Waals surface area contributed by atoms with Crippen molar-refractivity contribution in [2.75, 3.05) is 26.4 Å². The Hall–Kier alpha value is -2.39. The maximum Gasteiger partial charge on any atom is 0.364 e. The summed E-state index contributed by atoms with van der Waals surface area (Å²) >= 11 is 0. The Morgan fingerprint density at radius 2 is 1.26 bits per heavy atom. The smallest absolute Gasteiger partial charge is 0.364 e. The molecule has 0 radical (unpaired) electrons. The van der Waals surface area contributed by atoms with Gasteiger partial charge < -0.3 is 115 Å². The van der Waals surface area contributed by atoms with Gasteiger partial charge in [-0.15, -0.1) is 0 Å². The summed E-state index contributed by atoms with van der Waals surface area (Å²) in [6.45, 7) is -1.61. The van der Waals surface area contributed by atoms with E-state index < -0.39 is 179 Å². The average molecular weight is 837 g/mol. The SMILES string of the molecule is CC(=O)N[C@@H]1[C@@H](O[C@@H]2O[C@H](CO[C@@H]3O[C@H](CO[C@]4(C(=O)O)C[C@H](O)[C@@H](NC(C)=O)[C@H]([C@H](O)[C@H](O)CO)O4)[C@H](O)[C@H](O)[C@H]3O)[C@H](O)[C@H](O)[C@H]2O)[C@@H](O)[C@@H](CO)O[C@H]1O. The van der Waals surface area contributed by atoms with Gasteiger partial charge in [-0.05, 0) is 0 Å². The van der Waals surface area contributed by atoms with Crippen molar-refractivity contribution in [2.45, 2.75) is 149 Å². The lowest BCUT2D eigenvalue weighted by atomic mass is 9.88. The number of amides is 2. The fourth-order valence-electron chi connectivity index (χ4n) is 6.83. The van der Waals surface area contributed by atoms with E-state index in [9.17, 15) is 85.9 Å². The van der Waals surface area contributed by atoms with Gasteiger partial charge in [-0.3, -0.25) is 9.59 Å². The van der Waals surface area contributed by atoms with E-state index in [0.717, 1.165) is 13.8 Å². The summed E-state index contributed by atoms with van der Waals surface area (Å²) in [5, 5.41) is 150. The molecule has 4 heterocycles. The van der Waals surface area contributed by atoms with Crippen LogP contribution in [-0.4, -0.2) is 244 Å². The highest BCUT2D eigenvalue weighted by Gasteiger charge is 2.57. The van der Waals surface area contributed by atoms with Gasteiger partial charge in [0.05, 0.1) is 38.6 Å². The molecular weight excluding hydrogens is 784 g/mol. The molecule has 0 saturated carbocycles. The van der Waals surface area contributed by atoms with E-state index >= 15 is 0 Å². The largest absolute Gasteiger partial charge is 0.477 e. The van der Waals surface area contributed by atoms with Gasteiger partial charge in [-0.2, -0.15) is 0 Å². The van der Waals surface area contributed by atoms with E-state index in [4.69, 9.17) is 33.2 Å². The molecule has 0 spiro atoms. The normalized spacial score (nSPS) is 45.1. The molecule has 0 bridgehead atoms. The zero-order chi connectivity index (χ0) is 42.7. The summed E-state index contributed by atoms with van der Waals surface area (Å²) in [6, 6.07) is -3.02. The van der Waals surface area contributed by atoms with Gasteiger partial charge in [0, 0.05) is 20.3 Å². The molecule has 2 amide bonds. The molecule has 0 aromatic rings. The molecular formula is C31H52N2O24. The fourth-order valence-corrected chi connectivity index (χ4v) is 6.83. The standard InChI is InChI=1S/C31H52N2O24/c1-8(36)32-15-10(38)3-31(30(49)50,57-26(15)17(40)11(39)4-34)52-7-14-19(42)21(44)23(46)28(54-14)51-6-13-18(41)22(45)24(47)29(55-13)56-25-16(33-9(2)37)27(48)53-12(5-35)20(25)43/h10-29,34-35,38-48H,3-7H2,1-2H3,(H,32,36)(H,33,37)(H,49,50)/t10-,11+,12+,13+,14+,15+,16+,17+,18-,19-,20-,21-,22-,23+,24+,25+,26+,27+,28+,29-,31+/m0/s1. The van der Waals surface area contributed by atoms with Crippen molar-refractivity contribution >= 4 is 17.8 Å². The number of carboxylic acids is 1. The quantitative estimate of drug-likeness (QED) is 0.0728. The lowest BCUT2D eigenvalue weighted by Crippen LogP contribution is -2.68. The summed E-state index contributed by atoms with van der Waals surface area (Å²) in [5.74, 6) is -6.25. The van der Waals surface area contributed by atoms with E-state index in [0.29, 0.717) is 0 Å². The zero-order valence-electron chi connectivity index (χ0n) is 30.4. The maximum absolute atomic E-state index is 12.5. The molecule has 0 aliphatic carbocycles. The number of ether oxygens (including phenoxy) is 7. The van der Waals surface area contributed by atoms with Crippen LogP contribution in [0.2, 0.25) is 0 Å². The van der Waals surface area contributed by atoms with Crippen LogP contribution in [0.1, 0.15) is 20.3 Å². The third-order valence-corrected chi connectivity index (χ3v) is 9.96. The molecule has 0 unspecified atom stereocenters. The second kappa shape index (κ2) is 19.8. The third kappa shape index (κ3) is 10.5. The van der Waals surface area contributed by atoms with Crippen molar-refractivity contribution in [3.8, 4) is 0 Å². The predicted molar refractivity (Wildman–Crippen MR) is 174 cm³/mol. The highest BCUT2D eigenvalue weighted by Crippen LogP contribution is 2.35. The van der Waals surface area contributed by atoms with Crippen molar-refractivity contribution in [2.24, 2.45) is 0 Å². The first-order valence-corrected chi connectivity index (χ1v) is 17.7. The van der Waals surface area contributed by atoms with Crippen LogP contribution in [0, 0.1) is 0 Å². The van der Waals surface area contributed by atoms with Crippen LogP contribution in [0.15, 0.2) is 0 Å². The van der Waals surface area contributed by atoms with Crippen LogP contribution >= 0.6 is 0 Å². The Morgan fingerprint density at radius 1 is 0.719 bits per heavy atom. The van der Waals surface area contributed by atoms with Crippen molar-refractivity contribution < 1.29 is 119 Å². The van der Waals surface area contributed by atoms with Crippen LogP contribution in [0.5, 0.6) is 0 Å². The number of rotatable bonds is 15. The number of hydrogen-bond donors (Lipinski definition) is 16. The average Bonchev–Trinajstić information content (AvgIpc) is 3.16. The number of nitrogens with one attached hydrogen (secondary N) is 2. The molecule has 4 fully saturated rings. The van der Waals surface area contributed by atoms with Crippen molar-refractivity contribution in [3.63, 3.8) is 0 Å². The molecule has 26 nitrogen and oxygen atoms in total. The number of aliphatic hydroxyl groups excluding tert-OH is 13. The van der Waals surface area contributed by atoms with E-state index in [1.165, 1.54) is 0 Å². The highest BCUT2D eigenvalue weighted by molar-refractivity contribution is 5.76. The van der Waals surface area contributed by atoms with Gasteiger partial charge in [0.2, 0.25) is 11.8 Å². The van der Waals surface area contributed by atoms with Crippen LogP contribution in [0.4, 0.5) is 0 Å². The van der Waals surface area contributed by atoms with Gasteiger partial charge in [0.1, 0.15) is 91.5 Å². The molecule has 16 N–H and O–H groups in total. The second-order valence-electron chi connectivity index (χ2n) is 14.1. The lowest BCUT2D eigenvalue weighted by Gasteiger charge is -2.47. The van der Waals surface area contributed by atoms with E-state index in [1.807, 2.05) is 0 Å². The molecule has 21 atom stereocenters. The number of aliphatic hydroxyl groups is 13. The molecule has 0 aromatic carbocycles. The topological polar surface area (TPSA) is 423 Å². The van der Waals surface area contributed by atoms with Gasteiger partial charge in [-0.1, -0.05) is 0 Å². The highest BCUT2D eigenvalue weighted by atomic mass is 16.8. The minimum atomic E-state index is -2.88. The maximum atomic E-state index is 12.5. The Bertz CT molecular complexity index is 1350.